The van der Waals surface area contributed by atoms with Crippen molar-refractivity contribution in [3.8, 4) is 11.5 Å². The van der Waals surface area contributed by atoms with Crippen LogP contribution in [0.4, 0.5) is 0 Å². The van der Waals surface area contributed by atoms with E-state index >= 15 is 0 Å². The molecule has 250 valence electrons. The molecule has 0 bridgehead atoms. The van der Waals surface area contributed by atoms with E-state index in [4.69, 9.17) is 88.6 Å². The van der Waals surface area contributed by atoms with Crippen molar-refractivity contribution in [3.05, 3.63) is 53.4 Å². The Morgan fingerprint density at radius 3 is 1.24 bits per heavy atom. The lowest BCUT2D eigenvalue weighted by Crippen LogP contribution is -2.28. The third-order valence-corrected chi connectivity index (χ3v) is 11.0. The second-order valence-corrected chi connectivity index (χ2v) is 13.7. The quantitative estimate of drug-likeness (QED) is 0.0912. The smallest absolute Gasteiger partial charge is 0.423 e. The first-order valence-electron chi connectivity index (χ1n) is 15.0. The van der Waals surface area contributed by atoms with Gasteiger partial charge in [-0.25, -0.2) is 19.2 Å². The summed E-state index contributed by atoms with van der Waals surface area (Å²) in [5.41, 5.74) is -0.899. The van der Waals surface area contributed by atoms with Gasteiger partial charge in [-0.2, -0.15) is 0 Å². The number of hydrogen-bond donors (Lipinski definition) is 0. The molecule has 0 aliphatic heterocycles. The van der Waals surface area contributed by atoms with Crippen molar-refractivity contribution in [3.63, 3.8) is 0 Å². The summed E-state index contributed by atoms with van der Waals surface area (Å²) in [5, 5.41) is -1.43. The van der Waals surface area contributed by atoms with Crippen molar-refractivity contribution in [1.82, 2.24) is 0 Å². The maximum absolute atomic E-state index is 13.1. The van der Waals surface area contributed by atoms with Gasteiger partial charge in [0.25, 0.3) is 0 Å². The lowest BCUT2D eigenvalue weighted by molar-refractivity contribution is -0.156. The molecule has 4 atom stereocenters. The summed E-state index contributed by atoms with van der Waals surface area (Å²) in [7, 11) is 0. The van der Waals surface area contributed by atoms with Crippen molar-refractivity contribution in [1.29, 1.82) is 0 Å². The number of rotatable bonds is 12. The average molecular weight is 757 g/mol. The lowest BCUT2D eigenvalue weighted by atomic mass is 9.71. The average Bonchev–Trinajstić information content (AvgIpc) is 2.98. The molecular formula is C32H32Cl6O8. The lowest BCUT2D eigenvalue weighted by Gasteiger charge is -2.35. The number of halogens is 6. The minimum atomic E-state index is -1.63. The molecule has 0 saturated heterocycles. The van der Waals surface area contributed by atoms with Crippen LogP contribution in [0.1, 0.15) is 85.9 Å². The van der Waals surface area contributed by atoms with E-state index in [1.54, 1.807) is 0 Å². The Balaban J connectivity index is 1.48. The first-order valence-corrected chi connectivity index (χ1v) is 17.3. The van der Waals surface area contributed by atoms with Crippen LogP contribution in [0.2, 0.25) is 30.1 Å². The largest absolute Gasteiger partial charge is 0.462 e. The standard InChI is InChI=1S/C32H32Cl6O8/c1-3-15-5-7-17(15)9-11-43-29(39)23-25(37)19(33)13-21(35)27(23)45-31(41)32(42)46-28-22(36)14-20(34)26(38)24(28)30(40)44-12-10-18-8-6-16(18)4-2/h13-18H,3-12H2,1-2H3. The van der Waals surface area contributed by atoms with Gasteiger partial charge < -0.3 is 18.9 Å². The Kier molecular flexibility index (Phi) is 13.2. The number of hydrogen-bond acceptors (Lipinski definition) is 8. The van der Waals surface area contributed by atoms with E-state index in [1.165, 1.54) is 0 Å². The minimum Gasteiger partial charge on any atom is -0.462 e. The van der Waals surface area contributed by atoms with Crippen molar-refractivity contribution < 1.29 is 38.1 Å². The summed E-state index contributed by atoms with van der Waals surface area (Å²) in [4.78, 5) is 52.0. The highest BCUT2D eigenvalue weighted by Crippen LogP contribution is 2.43. The summed E-state index contributed by atoms with van der Waals surface area (Å²) in [6, 6.07) is 2.26. The molecule has 2 aromatic rings. The normalized spacial score (nSPS) is 20.3. The summed E-state index contributed by atoms with van der Waals surface area (Å²) < 4.78 is 21.2. The van der Waals surface area contributed by atoms with Gasteiger partial charge in [0.1, 0.15) is 11.1 Å². The van der Waals surface area contributed by atoms with E-state index in [0.717, 1.165) is 50.7 Å². The summed E-state index contributed by atoms with van der Waals surface area (Å²) >= 11 is 37.3. The Morgan fingerprint density at radius 1 is 0.587 bits per heavy atom. The number of carbonyl (C=O) groups is 4. The fourth-order valence-corrected chi connectivity index (χ4v) is 7.29. The van der Waals surface area contributed by atoms with Crippen LogP contribution in [-0.2, 0) is 19.1 Å². The van der Waals surface area contributed by atoms with E-state index in [0.29, 0.717) is 36.5 Å². The van der Waals surface area contributed by atoms with Crippen LogP contribution in [0.15, 0.2) is 12.1 Å². The van der Waals surface area contributed by atoms with Gasteiger partial charge in [-0.1, -0.05) is 96.3 Å². The van der Waals surface area contributed by atoms with Gasteiger partial charge in [0, 0.05) is 0 Å². The van der Waals surface area contributed by atoms with Crippen LogP contribution in [0, 0.1) is 23.7 Å². The minimum absolute atomic E-state index is 0.0877. The van der Waals surface area contributed by atoms with Crippen molar-refractivity contribution >= 4 is 93.5 Å². The molecular weight excluding hydrogens is 725 g/mol. The Morgan fingerprint density at radius 2 is 0.935 bits per heavy atom. The number of ether oxygens (including phenoxy) is 4. The second-order valence-electron chi connectivity index (χ2n) is 11.4. The fraction of sp³-hybridized carbons (Fsp3) is 0.500. The molecule has 4 rings (SSSR count). The van der Waals surface area contributed by atoms with E-state index in [1.807, 2.05) is 0 Å². The zero-order valence-electron chi connectivity index (χ0n) is 25.1. The van der Waals surface area contributed by atoms with Gasteiger partial charge in [-0.3, -0.25) is 0 Å². The number of carbonyl (C=O) groups excluding carboxylic acids is 4. The molecule has 0 radical (unpaired) electrons. The van der Waals surface area contributed by atoms with Crippen LogP contribution >= 0.6 is 69.6 Å². The number of benzene rings is 2. The molecule has 8 nitrogen and oxygen atoms in total. The molecule has 0 aromatic heterocycles. The van der Waals surface area contributed by atoms with Crippen LogP contribution in [0.25, 0.3) is 0 Å². The molecule has 2 saturated carbocycles. The Labute approximate surface area is 297 Å². The van der Waals surface area contributed by atoms with E-state index in [-0.39, 0.29) is 43.3 Å². The van der Waals surface area contributed by atoms with Gasteiger partial charge >= 0.3 is 23.9 Å². The summed E-state index contributed by atoms with van der Waals surface area (Å²) in [6.45, 7) is 4.40. The SMILES string of the molecule is CCC1CCC1CCOC(=O)c1c(Cl)c(Cl)cc(Cl)c1OC(=O)C(=O)Oc1c(Cl)cc(Cl)c(Cl)c1C(=O)OCCC1CCC1CC. The van der Waals surface area contributed by atoms with E-state index in [2.05, 4.69) is 13.8 Å². The highest BCUT2D eigenvalue weighted by atomic mass is 35.5. The molecule has 0 spiro atoms. The third-order valence-electron chi connectivity index (χ3n) is 8.86. The van der Waals surface area contributed by atoms with Gasteiger partial charge in [0.05, 0.1) is 43.3 Å². The predicted octanol–water partition coefficient (Wildman–Crippen LogP) is 10.1. The molecule has 2 aliphatic rings. The first-order chi connectivity index (χ1) is 21.9. The molecule has 2 aromatic carbocycles. The van der Waals surface area contributed by atoms with E-state index < -0.39 is 46.5 Å². The molecule has 0 amide bonds. The van der Waals surface area contributed by atoms with Crippen LogP contribution in [0.5, 0.6) is 11.5 Å². The Hall–Kier alpha value is -1.94. The van der Waals surface area contributed by atoms with Gasteiger partial charge in [0.2, 0.25) is 0 Å². The maximum Gasteiger partial charge on any atom is 0.423 e. The summed E-state index contributed by atoms with van der Waals surface area (Å²) in [6.07, 6.45) is 7.74. The predicted molar refractivity (Wildman–Crippen MR) is 177 cm³/mol. The van der Waals surface area contributed by atoms with E-state index in [9.17, 15) is 19.2 Å². The molecule has 14 heteroatoms. The highest BCUT2D eigenvalue weighted by molar-refractivity contribution is 6.47. The van der Waals surface area contributed by atoms with Crippen LogP contribution in [0.3, 0.4) is 0 Å². The van der Waals surface area contributed by atoms with Gasteiger partial charge in [-0.05, 0) is 74.3 Å². The third kappa shape index (κ3) is 8.37. The van der Waals surface area contributed by atoms with Crippen LogP contribution < -0.4 is 9.47 Å². The molecule has 2 aliphatic carbocycles. The van der Waals surface area contributed by atoms with Gasteiger partial charge in [0.15, 0.2) is 11.5 Å². The molecule has 4 unspecified atom stereocenters. The Bertz CT molecular complexity index is 1400. The second kappa shape index (κ2) is 16.4. The monoisotopic (exact) mass is 754 g/mol. The molecule has 0 N–H and O–H groups in total. The van der Waals surface area contributed by atoms with Crippen molar-refractivity contribution in [2.75, 3.05) is 13.2 Å². The van der Waals surface area contributed by atoms with Crippen molar-refractivity contribution in [2.45, 2.75) is 65.2 Å². The zero-order chi connectivity index (χ0) is 33.7. The van der Waals surface area contributed by atoms with Gasteiger partial charge in [-0.15, -0.1) is 0 Å². The first kappa shape index (κ1) is 36.9. The fourth-order valence-electron chi connectivity index (χ4n) is 5.85. The summed E-state index contributed by atoms with van der Waals surface area (Å²) in [5.74, 6) is -4.28. The zero-order valence-corrected chi connectivity index (χ0v) is 29.6. The molecule has 2 fully saturated rings. The van der Waals surface area contributed by atoms with Crippen LogP contribution in [-0.4, -0.2) is 37.1 Å². The molecule has 46 heavy (non-hydrogen) atoms. The highest BCUT2D eigenvalue weighted by Gasteiger charge is 2.34. The van der Waals surface area contributed by atoms with Crippen molar-refractivity contribution in [2.24, 2.45) is 23.7 Å². The number of esters is 4. The topological polar surface area (TPSA) is 105 Å². The molecule has 0 heterocycles. The maximum atomic E-state index is 13.1.